The molecule has 3 heteroatoms. The van der Waals surface area contributed by atoms with E-state index in [1.165, 1.54) is 0 Å². The molecular formula is C17H22O3. The monoisotopic (exact) mass is 274 g/mol. The molecule has 0 amide bonds. The number of esters is 1. The van der Waals surface area contributed by atoms with Crippen molar-refractivity contribution in [3.63, 3.8) is 0 Å². The van der Waals surface area contributed by atoms with Crippen LogP contribution < -0.4 is 0 Å². The summed E-state index contributed by atoms with van der Waals surface area (Å²) < 4.78 is 11.5. The standard InChI is InChI=1S/C17H22O3/c1-5-14-12(3)17(4,6-2)16(19-14)20-15(18)13-10-8-7-9-11-13/h6-12,14,16H,2,5H2,1,3-4H3/t12-,14-,16-,17+/m1/s1. The Morgan fingerprint density at radius 1 is 1.45 bits per heavy atom. The number of carbonyl (C=O) groups is 1. The van der Waals surface area contributed by atoms with Gasteiger partial charge in [-0.2, -0.15) is 0 Å². The van der Waals surface area contributed by atoms with Gasteiger partial charge in [0.25, 0.3) is 0 Å². The molecule has 1 aromatic rings. The van der Waals surface area contributed by atoms with Gasteiger partial charge in [0.2, 0.25) is 6.29 Å². The van der Waals surface area contributed by atoms with Gasteiger partial charge in [-0.05, 0) is 31.4 Å². The molecule has 2 rings (SSSR count). The maximum Gasteiger partial charge on any atom is 0.340 e. The summed E-state index contributed by atoms with van der Waals surface area (Å²) in [5.74, 6) is -0.0915. The average molecular weight is 274 g/mol. The van der Waals surface area contributed by atoms with Crippen LogP contribution in [0.25, 0.3) is 0 Å². The molecule has 1 fully saturated rings. The zero-order chi connectivity index (χ0) is 14.8. The normalized spacial score (nSPS) is 32.9. The number of rotatable bonds is 4. The Morgan fingerprint density at radius 3 is 2.65 bits per heavy atom. The molecule has 0 N–H and O–H groups in total. The molecule has 1 aromatic carbocycles. The van der Waals surface area contributed by atoms with Crippen LogP contribution in [0.4, 0.5) is 0 Å². The number of hydrogen-bond acceptors (Lipinski definition) is 3. The zero-order valence-electron chi connectivity index (χ0n) is 12.3. The summed E-state index contributed by atoms with van der Waals surface area (Å²) in [6.07, 6.45) is 2.25. The predicted molar refractivity (Wildman–Crippen MR) is 78.3 cm³/mol. The Morgan fingerprint density at radius 2 is 2.10 bits per heavy atom. The molecule has 0 bridgehead atoms. The molecule has 1 saturated heterocycles. The van der Waals surface area contributed by atoms with Crippen LogP contribution in [0.5, 0.6) is 0 Å². The first-order valence-corrected chi connectivity index (χ1v) is 7.08. The Balaban J connectivity index is 2.16. The van der Waals surface area contributed by atoms with E-state index >= 15 is 0 Å². The van der Waals surface area contributed by atoms with Gasteiger partial charge in [-0.3, -0.25) is 0 Å². The Hall–Kier alpha value is -1.61. The van der Waals surface area contributed by atoms with E-state index in [2.05, 4.69) is 20.4 Å². The van der Waals surface area contributed by atoms with Crippen molar-refractivity contribution in [1.29, 1.82) is 0 Å². The summed E-state index contributed by atoms with van der Waals surface area (Å²) in [6.45, 7) is 10.1. The quantitative estimate of drug-likeness (QED) is 0.618. The van der Waals surface area contributed by atoms with Gasteiger partial charge < -0.3 is 9.47 Å². The molecule has 3 nitrogen and oxygen atoms in total. The van der Waals surface area contributed by atoms with Gasteiger partial charge in [-0.1, -0.05) is 38.1 Å². The largest absolute Gasteiger partial charge is 0.431 e. The second kappa shape index (κ2) is 5.80. The van der Waals surface area contributed by atoms with Gasteiger partial charge in [0.1, 0.15) is 0 Å². The molecule has 0 saturated carbocycles. The lowest BCUT2D eigenvalue weighted by Crippen LogP contribution is -2.34. The van der Waals surface area contributed by atoms with Crippen molar-refractivity contribution < 1.29 is 14.3 Å². The Labute approximate surface area is 120 Å². The van der Waals surface area contributed by atoms with E-state index in [1.807, 2.05) is 31.2 Å². The van der Waals surface area contributed by atoms with Gasteiger partial charge in [0, 0.05) is 0 Å². The summed E-state index contributed by atoms with van der Waals surface area (Å²) in [4.78, 5) is 12.2. The smallest absolute Gasteiger partial charge is 0.340 e. The number of benzene rings is 1. The van der Waals surface area contributed by atoms with Crippen LogP contribution in [-0.2, 0) is 9.47 Å². The van der Waals surface area contributed by atoms with Gasteiger partial charge in [-0.25, -0.2) is 4.79 Å². The molecule has 1 heterocycles. The third kappa shape index (κ3) is 2.50. The fourth-order valence-corrected chi connectivity index (χ4v) is 2.66. The van der Waals surface area contributed by atoms with E-state index in [0.29, 0.717) is 5.56 Å². The molecule has 20 heavy (non-hydrogen) atoms. The highest BCUT2D eigenvalue weighted by atomic mass is 16.7. The first-order chi connectivity index (χ1) is 9.52. The zero-order valence-corrected chi connectivity index (χ0v) is 12.3. The molecule has 0 radical (unpaired) electrons. The third-order valence-corrected chi connectivity index (χ3v) is 4.41. The summed E-state index contributed by atoms with van der Waals surface area (Å²) in [6, 6.07) is 8.98. The van der Waals surface area contributed by atoms with Gasteiger partial charge in [0.05, 0.1) is 17.1 Å². The molecule has 1 aliphatic heterocycles. The fraction of sp³-hybridized carbons (Fsp3) is 0.471. The SMILES string of the molecule is C=C[C@]1(C)[C@@H](OC(=O)c2ccccc2)O[C@H](CC)[C@H]1C. The average Bonchev–Trinajstić information content (AvgIpc) is 2.73. The van der Waals surface area contributed by atoms with E-state index in [-0.39, 0.29) is 23.4 Å². The molecular weight excluding hydrogens is 252 g/mol. The molecule has 1 aliphatic rings. The van der Waals surface area contributed by atoms with Crippen molar-refractivity contribution in [3.8, 4) is 0 Å². The number of hydrogen-bond donors (Lipinski definition) is 0. The van der Waals surface area contributed by atoms with Crippen LogP contribution in [0.2, 0.25) is 0 Å². The molecule has 0 unspecified atom stereocenters. The van der Waals surface area contributed by atoms with Crippen LogP contribution in [0.1, 0.15) is 37.6 Å². The Kier molecular flexibility index (Phi) is 4.29. The lowest BCUT2D eigenvalue weighted by Gasteiger charge is -2.29. The van der Waals surface area contributed by atoms with E-state index in [0.717, 1.165) is 6.42 Å². The van der Waals surface area contributed by atoms with Crippen molar-refractivity contribution in [2.45, 2.75) is 39.6 Å². The van der Waals surface area contributed by atoms with Gasteiger partial charge in [0.15, 0.2) is 0 Å². The molecule has 4 atom stereocenters. The fourth-order valence-electron chi connectivity index (χ4n) is 2.66. The first kappa shape index (κ1) is 14.8. The van der Waals surface area contributed by atoms with Crippen LogP contribution in [-0.4, -0.2) is 18.4 Å². The molecule has 0 aliphatic carbocycles. The summed E-state index contributed by atoms with van der Waals surface area (Å²) in [5.41, 5.74) is 0.181. The minimum absolute atomic E-state index is 0.0894. The minimum Gasteiger partial charge on any atom is -0.431 e. The van der Waals surface area contributed by atoms with Crippen molar-refractivity contribution in [2.24, 2.45) is 11.3 Å². The molecule has 0 spiro atoms. The van der Waals surface area contributed by atoms with Crippen LogP contribution >= 0.6 is 0 Å². The maximum absolute atomic E-state index is 12.2. The van der Waals surface area contributed by atoms with E-state index < -0.39 is 6.29 Å². The Bertz CT molecular complexity index is 482. The van der Waals surface area contributed by atoms with Crippen molar-refractivity contribution in [3.05, 3.63) is 48.6 Å². The first-order valence-electron chi connectivity index (χ1n) is 7.08. The van der Waals surface area contributed by atoms with Crippen LogP contribution in [0, 0.1) is 11.3 Å². The summed E-state index contributed by atoms with van der Waals surface area (Å²) in [5, 5.41) is 0. The predicted octanol–water partition coefficient (Wildman–Crippen LogP) is 3.81. The summed E-state index contributed by atoms with van der Waals surface area (Å²) >= 11 is 0. The maximum atomic E-state index is 12.2. The minimum atomic E-state index is -0.576. The highest BCUT2D eigenvalue weighted by Crippen LogP contribution is 2.45. The van der Waals surface area contributed by atoms with Crippen molar-refractivity contribution in [2.75, 3.05) is 0 Å². The third-order valence-electron chi connectivity index (χ3n) is 4.41. The number of carbonyl (C=O) groups excluding carboxylic acids is 1. The second-order valence-corrected chi connectivity index (χ2v) is 5.54. The van der Waals surface area contributed by atoms with Crippen molar-refractivity contribution in [1.82, 2.24) is 0 Å². The van der Waals surface area contributed by atoms with Crippen LogP contribution in [0.3, 0.4) is 0 Å². The second-order valence-electron chi connectivity index (χ2n) is 5.54. The van der Waals surface area contributed by atoms with Crippen molar-refractivity contribution >= 4 is 5.97 Å². The summed E-state index contributed by atoms with van der Waals surface area (Å²) in [7, 11) is 0. The molecule has 0 aromatic heterocycles. The van der Waals surface area contributed by atoms with Gasteiger partial charge in [-0.15, -0.1) is 6.58 Å². The van der Waals surface area contributed by atoms with E-state index in [1.54, 1.807) is 12.1 Å². The molecule has 108 valence electrons. The van der Waals surface area contributed by atoms with E-state index in [9.17, 15) is 4.79 Å². The lowest BCUT2D eigenvalue weighted by atomic mass is 9.76. The highest BCUT2D eigenvalue weighted by Gasteiger charge is 2.50. The van der Waals surface area contributed by atoms with E-state index in [4.69, 9.17) is 9.47 Å². The van der Waals surface area contributed by atoms with Gasteiger partial charge >= 0.3 is 5.97 Å². The number of ether oxygens (including phenoxy) is 2. The van der Waals surface area contributed by atoms with Crippen LogP contribution in [0.15, 0.2) is 43.0 Å². The topological polar surface area (TPSA) is 35.5 Å². The lowest BCUT2D eigenvalue weighted by molar-refractivity contribution is -0.129. The highest BCUT2D eigenvalue weighted by molar-refractivity contribution is 5.89.